The number of hydrogen-bond donors (Lipinski definition) is 3. The lowest BCUT2D eigenvalue weighted by atomic mass is 9.77. The third-order valence-electron chi connectivity index (χ3n) is 3.45. The smallest absolute Gasteiger partial charge is 0.394 e. The number of rotatable bonds is 3. The molecule has 1 aromatic rings. The molecule has 1 aliphatic carbocycles. The molecular weight excluding hydrogens is 277 g/mol. The minimum atomic E-state index is -4.67. The molecule has 1 aromatic heterocycles. The highest BCUT2D eigenvalue weighted by Gasteiger charge is 2.38. The van der Waals surface area contributed by atoms with E-state index in [4.69, 9.17) is 0 Å². The highest BCUT2D eigenvalue weighted by atomic mass is 19.4. The fourth-order valence-electron chi connectivity index (χ4n) is 2.05. The number of alkyl halides is 3. The Balaban J connectivity index is 2.21. The van der Waals surface area contributed by atoms with Crippen molar-refractivity contribution < 1.29 is 23.1 Å². The van der Waals surface area contributed by atoms with E-state index in [0.29, 0.717) is 18.9 Å². The van der Waals surface area contributed by atoms with E-state index in [1.807, 2.05) is 0 Å². The number of H-pyrrole nitrogens is 1. The second kappa shape index (κ2) is 4.93. The summed E-state index contributed by atoms with van der Waals surface area (Å²) in [6.45, 7) is -0.267. The predicted molar refractivity (Wildman–Crippen MR) is 63.2 cm³/mol. The van der Waals surface area contributed by atoms with Crippen molar-refractivity contribution in [2.24, 2.45) is 0 Å². The largest absolute Gasteiger partial charge is 0.431 e. The standard InChI is InChI=1S/C12H13F3N2O3/c13-12(14,15)8-3-2-7(9(19)16-8)10(20)17-11(6-18)4-1-5-11/h2-3,18H,1,4-6H2,(H,16,19)(H,17,20). The molecule has 20 heavy (non-hydrogen) atoms. The van der Waals surface area contributed by atoms with Crippen LogP contribution in [0.5, 0.6) is 0 Å². The third kappa shape index (κ3) is 2.69. The maximum atomic E-state index is 12.4. The molecule has 3 N–H and O–H groups in total. The van der Waals surface area contributed by atoms with Crippen molar-refractivity contribution in [2.75, 3.05) is 6.61 Å². The van der Waals surface area contributed by atoms with Gasteiger partial charge in [-0.3, -0.25) is 9.59 Å². The Morgan fingerprint density at radius 1 is 1.40 bits per heavy atom. The van der Waals surface area contributed by atoms with Crippen LogP contribution < -0.4 is 10.9 Å². The van der Waals surface area contributed by atoms with E-state index in [0.717, 1.165) is 12.5 Å². The van der Waals surface area contributed by atoms with Crippen molar-refractivity contribution in [3.05, 3.63) is 33.7 Å². The van der Waals surface area contributed by atoms with Gasteiger partial charge in [0.25, 0.3) is 11.5 Å². The molecule has 0 saturated heterocycles. The van der Waals surface area contributed by atoms with Gasteiger partial charge in [-0.05, 0) is 31.4 Å². The summed E-state index contributed by atoms with van der Waals surface area (Å²) in [5.74, 6) is -0.784. The van der Waals surface area contributed by atoms with Crippen LogP contribution >= 0.6 is 0 Å². The van der Waals surface area contributed by atoms with Crippen LogP contribution in [0.15, 0.2) is 16.9 Å². The minimum Gasteiger partial charge on any atom is -0.394 e. The summed E-state index contributed by atoms with van der Waals surface area (Å²) >= 11 is 0. The molecular formula is C12H13F3N2O3. The van der Waals surface area contributed by atoms with Crippen molar-refractivity contribution >= 4 is 5.91 Å². The molecule has 0 aliphatic heterocycles. The molecule has 1 amide bonds. The van der Waals surface area contributed by atoms with Gasteiger partial charge in [0.05, 0.1) is 12.1 Å². The fourth-order valence-corrected chi connectivity index (χ4v) is 2.05. The van der Waals surface area contributed by atoms with E-state index in [1.165, 1.54) is 0 Å². The number of halogens is 3. The van der Waals surface area contributed by atoms with Crippen LogP contribution in [0.2, 0.25) is 0 Å². The number of amides is 1. The van der Waals surface area contributed by atoms with Crippen molar-refractivity contribution in [3.63, 3.8) is 0 Å². The second-order valence-corrected chi connectivity index (χ2v) is 4.86. The van der Waals surface area contributed by atoms with E-state index in [2.05, 4.69) is 5.32 Å². The number of pyridine rings is 1. The first kappa shape index (κ1) is 14.6. The Hall–Kier alpha value is -1.83. The Bertz CT molecular complexity index is 571. The van der Waals surface area contributed by atoms with Crippen molar-refractivity contribution in [2.45, 2.75) is 31.0 Å². The maximum Gasteiger partial charge on any atom is 0.431 e. The molecule has 1 fully saturated rings. The number of aliphatic hydroxyl groups is 1. The summed E-state index contributed by atoms with van der Waals surface area (Å²) in [5.41, 5.74) is -3.48. The summed E-state index contributed by atoms with van der Waals surface area (Å²) in [6.07, 6.45) is -2.68. The zero-order valence-electron chi connectivity index (χ0n) is 10.4. The van der Waals surface area contributed by atoms with Crippen LogP contribution in [-0.4, -0.2) is 28.1 Å². The number of aromatic nitrogens is 1. The van der Waals surface area contributed by atoms with Gasteiger partial charge >= 0.3 is 6.18 Å². The van der Waals surface area contributed by atoms with E-state index in [9.17, 15) is 27.9 Å². The van der Waals surface area contributed by atoms with Crippen LogP contribution in [0.25, 0.3) is 0 Å². The highest BCUT2D eigenvalue weighted by molar-refractivity contribution is 5.94. The van der Waals surface area contributed by atoms with Gasteiger partial charge in [0.15, 0.2) is 0 Å². The van der Waals surface area contributed by atoms with Crippen LogP contribution in [0.1, 0.15) is 35.3 Å². The molecule has 5 nitrogen and oxygen atoms in total. The van der Waals surface area contributed by atoms with Crippen molar-refractivity contribution in [3.8, 4) is 0 Å². The topological polar surface area (TPSA) is 82.2 Å². The number of aromatic amines is 1. The summed E-state index contributed by atoms with van der Waals surface area (Å²) in [6, 6.07) is 1.48. The molecule has 8 heteroatoms. The minimum absolute atomic E-state index is 0.267. The molecule has 0 aromatic carbocycles. The van der Waals surface area contributed by atoms with E-state index >= 15 is 0 Å². The highest BCUT2D eigenvalue weighted by Crippen LogP contribution is 2.31. The molecule has 0 radical (unpaired) electrons. The lowest BCUT2D eigenvalue weighted by molar-refractivity contribution is -0.141. The molecule has 2 rings (SSSR count). The number of hydrogen-bond acceptors (Lipinski definition) is 3. The quantitative estimate of drug-likeness (QED) is 0.778. The zero-order valence-corrected chi connectivity index (χ0v) is 10.4. The van der Waals surface area contributed by atoms with E-state index in [-0.39, 0.29) is 6.61 Å². The van der Waals surface area contributed by atoms with E-state index in [1.54, 1.807) is 4.98 Å². The molecule has 0 unspecified atom stereocenters. The Morgan fingerprint density at radius 2 is 2.05 bits per heavy atom. The lowest BCUT2D eigenvalue weighted by Crippen LogP contribution is -2.56. The Labute approximate surface area is 111 Å². The number of carbonyl (C=O) groups is 1. The van der Waals surface area contributed by atoms with Gasteiger partial charge < -0.3 is 15.4 Å². The average molecular weight is 290 g/mol. The number of aliphatic hydroxyl groups excluding tert-OH is 1. The number of carbonyl (C=O) groups excluding carboxylic acids is 1. The van der Waals surface area contributed by atoms with E-state index < -0.39 is 34.4 Å². The van der Waals surface area contributed by atoms with Crippen molar-refractivity contribution in [1.29, 1.82) is 0 Å². The van der Waals surface area contributed by atoms with Gasteiger partial charge in [-0.15, -0.1) is 0 Å². The molecule has 0 spiro atoms. The van der Waals surface area contributed by atoms with Gasteiger partial charge in [-0.25, -0.2) is 0 Å². The Kier molecular flexibility index (Phi) is 3.59. The van der Waals surface area contributed by atoms with Gasteiger partial charge in [0, 0.05) is 0 Å². The molecule has 0 atom stereocenters. The molecule has 1 heterocycles. The molecule has 0 bridgehead atoms. The Morgan fingerprint density at radius 3 is 2.45 bits per heavy atom. The summed E-state index contributed by atoms with van der Waals surface area (Å²) in [7, 11) is 0. The first-order valence-electron chi connectivity index (χ1n) is 6.01. The normalized spacial score (nSPS) is 17.4. The van der Waals surface area contributed by atoms with Crippen LogP contribution in [-0.2, 0) is 6.18 Å². The van der Waals surface area contributed by atoms with Gasteiger partial charge in [0.1, 0.15) is 11.3 Å². The van der Waals surface area contributed by atoms with Crippen molar-refractivity contribution in [1.82, 2.24) is 10.3 Å². The summed E-state index contributed by atoms with van der Waals surface area (Å²) in [4.78, 5) is 25.0. The first-order chi connectivity index (χ1) is 9.27. The lowest BCUT2D eigenvalue weighted by Gasteiger charge is -2.40. The van der Waals surface area contributed by atoms with Crippen LogP contribution in [0.3, 0.4) is 0 Å². The molecule has 1 aliphatic rings. The summed E-state index contributed by atoms with van der Waals surface area (Å²) < 4.78 is 37.2. The van der Waals surface area contributed by atoms with Gasteiger partial charge in [-0.1, -0.05) is 0 Å². The van der Waals surface area contributed by atoms with Gasteiger partial charge in [-0.2, -0.15) is 13.2 Å². The van der Waals surface area contributed by atoms with Gasteiger partial charge in [0.2, 0.25) is 0 Å². The third-order valence-corrected chi connectivity index (χ3v) is 3.45. The second-order valence-electron chi connectivity index (χ2n) is 4.86. The SMILES string of the molecule is O=C(NC1(CO)CCC1)c1ccc(C(F)(F)F)[nH]c1=O. The molecule has 1 saturated carbocycles. The average Bonchev–Trinajstić information content (AvgIpc) is 2.32. The zero-order chi connectivity index (χ0) is 15.0. The first-order valence-corrected chi connectivity index (χ1v) is 6.01. The van der Waals surface area contributed by atoms with Crippen LogP contribution in [0, 0.1) is 0 Å². The van der Waals surface area contributed by atoms with Crippen LogP contribution in [0.4, 0.5) is 13.2 Å². The number of nitrogens with one attached hydrogen (secondary N) is 2. The summed E-state index contributed by atoms with van der Waals surface area (Å²) in [5, 5.41) is 11.7. The molecule has 110 valence electrons. The monoisotopic (exact) mass is 290 g/mol. The predicted octanol–water partition coefficient (Wildman–Crippen LogP) is 1.04. The fraction of sp³-hybridized carbons (Fsp3) is 0.500. The maximum absolute atomic E-state index is 12.4.